The number of hydrogen-bond donors (Lipinski definition) is 1. The molecule has 0 radical (unpaired) electrons. The standard InChI is InChI=1S/C12H16N2O5S2/c13-21(16,17)7-8-3-11(15)14(4-8)5-10-12-9(6-20-10)18-1-2-19-12/h6,8H,1-5,7H2,(H2,13,16,17). The first-order valence-electron chi connectivity index (χ1n) is 6.56. The van der Waals surface area contributed by atoms with Crippen molar-refractivity contribution in [2.75, 3.05) is 25.5 Å². The van der Waals surface area contributed by atoms with Gasteiger partial charge in [-0.05, 0) is 0 Å². The lowest BCUT2D eigenvalue weighted by Gasteiger charge is -2.19. The molecular formula is C12H16N2O5S2. The molecule has 1 atom stereocenters. The van der Waals surface area contributed by atoms with Gasteiger partial charge in [0.2, 0.25) is 15.9 Å². The molecule has 3 heterocycles. The molecule has 7 nitrogen and oxygen atoms in total. The minimum Gasteiger partial charge on any atom is -0.485 e. The molecule has 21 heavy (non-hydrogen) atoms. The molecule has 1 aromatic heterocycles. The highest BCUT2D eigenvalue weighted by molar-refractivity contribution is 7.89. The van der Waals surface area contributed by atoms with Crippen LogP contribution in [0.3, 0.4) is 0 Å². The van der Waals surface area contributed by atoms with Crippen molar-refractivity contribution >= 4 is 27.3 Å². The second-order valence-corrected chi connectivity index (χ2v) is 7.85. The molecule has 0 aliphatic carbocycles. The molecule has 0 bridgehead atoms. The van der Waals surface area contributed by atoms with Gasteiger partial charge in [-0.25, -0.2) is 13.6 Å². The Morgan fingerprint density at radius 3 is 2.90 bits per heavy atom. The monoisotopic (exact) mass is 332 g/mol. The molecule has 3 rings (SSSR count). The summed E-state index contributed by atoms with van der Waals surface area (Å²) in [6.07, 6.45) is 0.224. The number of amides is 1. The van der Waals surface area contributed by atoms with Crippen LogP contribution in [0.15, 0.2) is 5.38 Å². The maximum atomic E-state index is 12.0. The fraction of sp³-hybridized carbons (Fsp3) is 0.583. The highest BCUT2D eigenvalue weighted by Gasteiger charge is 2.33. The number of carbonyl (C=O) groups excluding carboxylic acids is 1. The molecule has 2 aliphatic heterocycles. The van der Waals surface area contributed by atoms with E-state index in [-0.39, 0.29) is 24.0 Å². The number of fused-ring (bicyclic) bond motifs is 1. The predicted molar refractivity (Wildman–Crippen MR) is 76.8 cm³/mol. The molecule has 1 fully saturated rings. The Morgan fingerprint density at radius 1 is 1.38 bits per heavy atom. The lowest BCUT2D eigenvalue weighted by atomic mass is 10.1. The highest BCUT2D eigenvalue weighted by atomic mass is 32.2. The summed E-state index contributed by atoms with van der Waals surface area (Å²) >= 11 is 1.48. The van der Waals surface area contributed by atoms with Crippen molar-refractivity contribution in [1.29, 1.82) is 0 Å². The van der Waals surface area contributed by atoms with Crippen LogP contribution in [0.5, 0.6) is 11.5 Å². The Balaban J connectivity index is 1.68. The van der Waals surface area contributed by atoms with Crippen molar-refractivity contribution < 1.29 is 22.7 Å². The number of nitrogens with zero attached hydrogens (tertiary/aromatic N) is 1. The summed E-state index contributed by atoms with van der Waals surface area (Å²) in [5.41, 5.74) is 0. The van der Waals surface area contributed by atoms with Gasteiger partial charge in [0.05, 0.1) is 17.2 Å². The largest absolute Gasteiger partial charge is 0.485 e. The smallest absolute Gasteiger partial charge is 0.223 e. The van der Waals surface area contributed by atoms with Crippen molar-refractivity contribution in [3.05, 3.63) is 10.3 Å². The summed E-state index contributed by atoms with van der Waals surface area (Å²) in [5, 5.41) is 6.91. The lowest BCUT2D eigenvalue weighted by molar-refractivity contribution is -0.128. The first-order chi connectivity index (χ1) is 9.92. The Bertz CT molecular complexity index is 655. The number of primary sulfonamides is 1. The molecular weight excluding hydrogens is 316 g/mol. The molecule has 1 aromatic rings. The molecule has 0 saturated carbocycles. The lowest BCUT2D eigenvalue weighted by Crippen LogP contribution is -2.27. The third-order valence-corrected chi connectivity index (χ3v) is 5.34. The average molecular weight is 332 g/mol. The Hall–Kier alpha value is -1.32. The van der Waals surface area contributed by atoms with Gasteiger partial charge in [0, 0.05) is 24.3 Å². The van der Waals surface area contributed by atoms with Crippen molar-refractivity contribution in [2.45, 2.75) is 13.0 Å². The van der Waals surface area contributed by atoms with Gasteiger partial charge in [0.15, 0.2) is 11.5 Å². The molecule has 1 saturated heterocycles. The Kier molecular flexibility index (Phi) is 3.80. The van der Waals surface area contributed by atoms with Crippen LogP contribution in [0, 0.1) is 5.92 Å². The van der Waals surface area contributed by atoms with Gasteiger partial charge in [-0.2, -0.15) is 0 Å². The molecule has 2 aliphatic rings. The fourth-order valence-corrected chi connectivity index (χ4v) is 4.45. The summed E-state index contributed by atoms with van der Waals surface area (Å²) in [5.74, 6) is 0.975. The molecule has 0 spiro atoms. The van der Waals surface area contributed by atoms with Crippen LogP contribution in [0.1, 0.15) is 11.3 Å². The highest BCUT2D eigenvalue weighted by Crippen LogP contribution is 2.40. The molecule has 1 amide bonds. The topological polar surface area (TPSA) is 98.9 Å². The second kappa shape index (κ2) is 5.47. The van der Waals surface area contributed by atoms with Crippen molar-refractivity contribution in [3.63, 3.8) is 0 Å². The SMILES string of the molecule is NS(=O)(=O)CC1CC(=O)N(Cc2scc3c2OCCO3)C1. The first-order valence-corrected chi connectivity index (χ1v) is 9.16. The van der Waals surface area contributed by atoms with E-state index in [9.17, 15) is 13.2 Å². The van der Waals surface area contributed by atoms with Crippen LogP contribution in [0.2, 0.25) is 0 Å². The van der Waals surface area contributed by atoms with E-state index in [1.807, 2.05) is 5.38 Å². The van der Waals surface area contributed by atoms with Gasteiger partial charge in [-0.3, -0.25) is 4.79 Å². The number of ether oxygens (including phenoxy) is 2. The number of rotatable bonds is 4. The molecule has 2 N–H and O–H groups in total. The zero-order valence-corrected chi connectivity index (χ0v) is 12.9. The van der Waals surface area contributed by atoms with Crippen molar-refractivity contribution in [1.82, 2.24) is 4.90 Å². The van der Waals surface area contributed by atoms with Gasteiger partial charge in [0.25, 0.3) is 0 Å². The van der Waals surface area contributed by atoms with Gasteiger partial charge in [0.1, 0.15) is 13.2 Å². The molecule has 116 valence electrons. The van der Waals surface area contributed by atoms with Gasteiger partial charge >= 0.3 is 0 Å². The number of thiophene rings is 1. The van der Waals surface area contributed by atoms with Crippen LogP contribution in [-0.2, 0) is 21.4 Å². The van der Waals surface area contributed by atoms with Crippen LogP contribution < -0.4 is 14.6 Å². The average Bonchev–Trinajstić information content (AvgIpc) is 2.93. The number of sulfonamides is 1. The summed E-state index contributed by atoms with van der Waals surface area (Å²) in [6.45, 7) is 1.85. The number of hydrogen-bond acceptors (Lipinski definition) is 6. The number of likely N-dealkylation sites (tertiary alicyclic amines) is 1. The zero-order chi connectivity index (χ0) is 15.0. The Morgan fingerprint density at radius 2 is 2.14 bits per heavy atom. The summed E-state index contributed by atoms with van der Waals surface area (Å²) in [6, 6.07) is 0. The van der Waals surface area contributed by atoms with E-state index in [1.165, 1.54) is 11.3 Å². The van der Waals surface area contributed by atoms with E-state index >= 15 is 0 Å². The number of nitrogens with two attached hydrogens (primary N) is 1. The van der Waals surface area contributed by atoms with Gasteiger partial charge < -0.3 is 14.4 Å². The molecule has 0 aromatic carbocycles. The first kappa shape index (κ1) is 14.6. The quantitative estimate of drug-likeness (QED) is 0.846. The second-order valence-electron chi connectivity index (χ2n) is 5.22. The summed E-state index contributed by atoms with van der Waals surface area (Å²) in [4.78, 5) is 14.6. The minimum absolute atomic E-state index is 0.0532. The zero-order valence-electron chi connectivity index (χ0n) is 11.3. The maximum absolute atomic E-state index is 12.0. The minimum atomic E-state index is -3.55. The third kappa shape index (κ3) is 3.30. The Labute approximate surface area is 126 Å². The van der Waals surface area contributed by atoms with Crippen LogP contribution in [0.4, 0.5) is 0 Å². The number of carbonyl (C=O) groups is 1. The molecule has 1 unspecified atom stereocenters. The van der Waals surface area contributed by atoms with Crippen LogP contribution in [0.25, 0.3) is 0 Å². The summed E-state index contributed by atoms with van der Waals surface area (Å²) in [7, 11) is -3.55. The van der Waals surface area contributed by atoms with Crippen molar-refractivity contribution in [3.8, 4) is 11.5 Å². The van der Waals surface area contributed by atoms with E-state index in [0.29, 0.717) is 37.8 Å². The van der Waals surface area contributed by atoms with E-state index in [1.54, 1.807) is 4.90 Å². The normalized spacial score (nSPS) is 21.9. The maximum Gasteiger partial charge on any atom is 0.223 e. The fourth-order valence-electron chi connectivity index (χ4n) is 2.65. The van der Waals surface area contributed by atoms with E-state index < -0.39 is 10.0 Å². The predicted octanol–water partition coefficient (Wildman–Crippen LogP) is 0.156. The third-order valence-electron chi connectivity index (χ3n) is 3.47. The van der Waals surface area contributed by atoms with Gasteiger partial charge in [-0.15, -0.1) is 11.3 Å². The van der Waals surface area contributed by atoms with E-state index in [0.717, 1.165) is 4.88 Å². The van der Waals surface area contributed by atoms with Gasteiger partial charge in [-0.1, -0.05) is 0 Å². The van der Waals surface area contributed by atoms with E-state index in [2.05, 4.69) is 0 Å². The van der Waals surface area contributed by atoms with E-state index in [4.69, 9.17) is 14.6 Å². The van der Waals surface area contributed by atoms with Crippen LogP contribution >= 0.6 is 11.3 Å². The summed E-state index contributed by atoms with van der Waals surface area (Å²) < 4.78 is 33.3. The molecule has 9 heteroatoms. The van der Waals surface area contributed by atoms with Crippen molar-refractivity contribution in [2.24, 2.45) is 11.1 Å². The van der Waals surface area contributed by atoms with Crippen LogP contribution in [-0.4, -0.2) is 44.7 Å².